The van der Waals surface area contributed by atoms with Crippen molar-refractivity contribution in [2.45, 2.75) is 61.3 Å². The van der Waals surface area contributed by atoms with Crippen LogP contribution in [-0.4, -0.2) is 0 Å². The van der Waals surface area contributed by atoms with Gasteiger partial charge in [-0.1, -0.05) is 72.2 Å². The van der Waals surface area contributed by atoms with Crippen molar-refractivity contribution in [3.05, 3.63) is 34.9 Å². The summed E-state index contributed by atoms with van der Waals surface area (Å²) in [6.07, 6.45) is 0. The van der Waals surface area contributed by atoms with Crippen molar-refractivity contribution in [1.82, 2.24) is 0 Å². The Balaban J connectivity index is 0.000000280. The van der Waals surface area contributed by atoms with Gasteiger partial charge in [-0.25, -0.2) is 0 Å². The van der Waals surface area contributed by atoms with Crippen molar-refractivity contribution >= 4 is 0 Å². The third kappa shape index (κ3) is 5.95. The zero-order valence-electron chi connectivity index (χ0n) is 12.3. The molecule has 0 N–H and O–H groups in total. The molecule has 0 aliphatic heterocycles. The Morgan fingerprint density at radius 2 is 1.38 bits per heavy atom. The molecule has 0 heteroatoms. The smallest absolute Gasteiger partial charge is 0.00670 e. The molecule has 1 aromatic carbocycles. The highest BCUT2D eigenvalue weighted by molar-refractivity contribution is 5.52. The second-order valence-corrected chi connectivity index (χ2v) is 5.85. The fourth-order valence-electron chi connectivity index (χ4n) is 1.34. The minimum Gasteiger partial charge on any atom is -0.0683 e. The normalized spacial score (nSPS) is 16.1. The van der Waals surface area contributed by atoms with Crippen LogP contribution in [0.2, 0.25) is 0 Å². The van der Waals surface area contributed by atoms with Crippen LogP contribution in [0.25, 0.3) is 0 Å². The zero-order chi connectivity index (χ0) is 12.9. The standard InChI is InChI=1S/C9H10.C5H12.C2H6/c1-6-3-4-8-7(2)9(8)5-6;1-5(2,3)4;1-2/h3-5,7H,1-2H3;1-4H3;1-2H3. The molecular formula is C16H28. The van der Waals surface area contributed by atoms with Gasteiger partial charge in [-0.2, -0.15) is 0 Å². The molecular weight excluding hydrogens is 192 g/mol. The van der Waals surface area contributed by atoms with Gasteiger partial charge in [0, 0.05) is 5.92 Å². The Kier molecular flexibility index (Phi) is 5.78. The zero-order valence-corrected chi connectivity index (χ0v) is 12.3. The first kappa shape index (κ1) is 15.2. The Morgan fingerprint density at radius 3 is 1.69 bits per heavy atom. The fraction of sp³-hybridized carbons (Fsp3) is 0.625. The van der Waals surface area contributed by atoms with Gasteiger partial charge < -0.3 is 0 Å². The van der Waals surface area contributed by atoms with Crippen LogP contribution in [-0.2, 0) is 0 Å². The van der Waals surface area contributed by atoms with Gasteiger partial charge in [-0.3, -0.25) is 0 Å². The van der Waals surface area contributed by atoms with E-state index in [4.69, 9.17) is 0 Å². The molecule has 0 amide bonds. The van der Waals surface area contributed by atoms with E-state index in [1.54, 1.807) is 11.1 Å². The molecule has 0 nitrogen and oxygen atoms in total. The summed E-state index contributed by atoms with van der Waals surface area (Å²) < 4.78 is 0. The molecule has 0 fully saturated rings. The van der Waals surface area contributed by atoms with Crippen molar-refractivity contribution in [3.63, 3.8) is 0 Å². The van der Waals surface area contributed by atoms with Crippen LogP contribution in [0.1, 0.15) is 71.1 Å². The molecule has 1 unspecified atom stereocenters. The van der Waals surface area contributed by atoms with Crippen molar-refractivity contribution < 1.29 is 0 Å². The summed E-state index contributed by atoms with van der Waals surface area (Å²) in [5.74, 6) is 0.763. The third-order valence-electron chi connectivity index (χ3n) is 2.09. The summed E-state index contributed by atoms with van der Waals surface area (Å²) >= 11 is 0. The van der Waals surface area contributed by atoms with Crippen LogP contribution in [0, 0.1) is 12.3 Å². The molecule has 0 aromatic heterocycles. The van der Waals surface area contributed by atoms with Gasteiger partial charge in [0.2, 0.25) is 0 Å². The largest absolute Gasteiger partial charge is 0.0683 e. The molecule has 1 aliphatic carbocycles. The Bertz CT molecular complexity index is 309. The Labute approximate surface area is 102 Å². The molecule has 16 heavy (non-hydrogen) atoms. The van der Waals surface area contributed by atoms with E-state index in [0.717, 1.165) is 5.92 Å². The van der Waals surface area contributed by atoms with E-state index in [-0.39, 0.29) is 0 Å². The lowest BCUT2D eigenvalue weighted by Crippen LogP contribution is -1.93. The molecule has 0 heterocycles. The first-order chi connectivity index (χ1) is 7.29. The van der Waals surface area contributed by atoms with Gasteiger partial charge in [0.1, 0.15) is 0 Å². The lowest BCUT2D eigenvalue weighted by molar-refractivity contribution is 0.469. The van der Waals surface area contributed by atoms with Gasteiger partial charge >= 0.3 is 0 Å². The highest BCUT2D eigenvalue weighted by atomic mass is 14.3. The SMILES string of the molecule is CC.CC(C)(C)C.Cc1ccc2c(c1)C2C. The maximum Gasteiger partial charge on any atom is 0.00670 e. The van der Waals surface area contributed by atoms with Crippen molar-refractivity contribution in [1.29, 1.82) is 0 Å². The number of rotatable bonds is 0. The highest BCUT2D eigenvalue weighted by Crippen LogP contribution is 2.42. The van der Waals surface area contributed by atoms with Crippen molar-refractivity contribution in [2.75, 3.05) is 0 Å². The van der Waals surface area contributed by atoms with Crippen LogP contribution in [0.4, 0.5) is 0 Å². The topological polar surface area (TPSA) is 0 Å². The van der Waals surface area contributed by atoms with Crippen LogP contribution in [0.5, 0.6) is 0 Å². The van der Waals surface area contributed by atoms with Crippen molar-refractivity contribution in [3.8, 4) is 0 Å². The molecule has 0 saturated carbocycles. The average molecular weight is 220 g/mol. The second-order valence-electron chi connectivity index (χ2n) is 5.85. The van der Waals surface area contributed by atoms with Gasteiger partial charge in [0.05, 0.1) is 0 Å². The lowest BCUT2D eigenvalue weighted by atomic mass is 10.0. The Morgan fingerprint density at radius 1 is 0.938 bits per heavy atom. The minimum absolute atomic E-state index is 0.500. The molecule has 0 spiro atoms. The summed E-state index contributed by atoms with van der Waals surface area (Å²) in [4.78, 5) is 0. The van der Waals surface area contributed by atoms with E-state index >= 15 is 0 Å². The van der Waals surface area contributed by atoms with E-state index in [1.807, 2.05) is 13.8 Å². The number of hydrogen-bond acceptors (Lipinski definition) is 0. The minimum atomic E-state index is 0.500. The van der Waals surface area contributed by atoms with Gasteiger partial charge in [0.25, 0.3) is 0 Å². The van der Waals surface area contributed by atoms with Crippen LogP contribution >= 0.6 is 0 Å². The summed E-state index contributed by atoms with van der Waals surface area (Å²) in [5.41, 5.74) is 4.98. The first-order valence-corrected chi connectivity index (χ1v) is 6.39. The first-order valence-electron chi connectivity index (χ1n) is 6.39. The van der Waals surface area contributed by atoms with E-state index in [2.05, 4.69) is 59.7 Å². The molecule has 92 valence electrons. The van der Waals surface area contributed by atoms with Gasteiger partial charge in [-0.05, 0) is 23.5 Å². The predicted octanol–water partition coefficient (Wildman–Crippen LogP) is 5.54. The van der Waals surface area contributed by atoms with E-state index in [1.165, 1.54) is 5.56 Å². The number of benzene rings is 1. The summed E-state index contributed by atoms with van der Waals surface area (Å²) in [7, 11) is 0. The predicted molar refractivity (Wildman–Crippen MR) is 75.2 cm³/mol. The molecule has 2 rings (SSSR count). The Hall–Kier alpha value is -0.780. The lowest BCUT2D eigenvalue weighted by Gasteiger charge is -2.05. The van der Waals surface area contributed by atoms with E-state index in [0.29, 0.717) is 5.41 Å². The quantitative estimate of drug-likeness (QED) is 0.538. The molecule has 1 aromatic rings. The molecule has 0 bridgehead atoms. The fourth-order valence-corrected chi connectivity index (χ4v) is 1.34. The number of aryl methyl sites for hydroxylation is 1. The maximum atomic E-state index is 2.28. The molecule has 1 aliphatic rings. The summed E-state index contributed by atoms with van der Waals surface area (Å²) in [6.45, 7) is 17.1. The highest BCUT2D eigenvalue weighted by Gasteiger charge is 2.26. The number of fused-ring (bicyclic) bond motifs is 1. The van der Waals surface area contributed by atoms with Crippen LogP contribution in [0.3, 0.4) is 0 Å². The van der Waals surface area contributed by atoms with E-state index in [9.17, 15) is 0 Å². The monoisotopic (exact) mass is 220 g/mol. The third-order valence-corrected chi connectivity index (χ3v) is 2.09. The average Bonchev–Trinajstić information content (AvgIpc) is 2.77. The molecule has 0 saturated heterocycles. The van der Waals surface area contributed by atoms with Crippen LogP contribution < -0.4 is 0 Å². The molecule has 1 atom stereocenters. The van der Waals surface area contributed by atoms with Gasteiger partial charge in [-0.15, -0.1) is 0 Å². The van der Waals surface area contributed by atoms with E-state index < -0.39 is 0 Å². The van der Waals surface area contributed by atoms with Crippen molar-refractivity contribution in [2.24, 2.45) is 5.41 Å². The maximum absolute atomic E-state index is 2.28. The number of hydrogen-bond donors (Lipinski definition) is 0. The van der Waals surface area contributed by atoms with Gasteiger partial charge in [0.15, 0.2) is 0 Å². The molecule has 0 radical (unpaired) electrons. The summed E-state index contributed by atoms with van der Waals surface area (Å²) in [5, 5.41) is 0. The second kappa shape index (κ2) is 6.08. The summed E-state index contributed by atoms with van der Waals surface area (Å²) in [6, 6.07) is 6.69. The van der Waals surface area contributed by atoms with Crippen LogP contribution in [0.15, 0.2) is 18.2 Å².